The number of para-hydroxylation sites is 1. The van der Waals surface area contributed by atoms with Crippen LogP contribution >= 0.6 is 0 Å². The van der Waals surface area contributed by atoms with Crippen LogP contribution in [-0.4, -0.2) is 51.3 Å². The van der Waals surface area contributed by atoms with E-state index >= 15 is 0 Å². The van der Waals surface area contributed by atoms with Gasteiger partial charge in [-0.3, -0.25) is 4.98 Å². The molecule has 0 spiro atoms. The maximum atomic E-state index is 9.49. The third-order valence-electron chi connectivity index (χ3n) is 6.37. The van der Waals surface area contributed by atoms with Crippen LogP contribution in [0.1, 0.15) is 36.6 Å². The fourth-order valence-electron chi connectivity index (χ4n) is 4.64. The maximum absolute atomic E-state index is 9.49. The summed E-state index contributed by atoms with van der Waals surface area (Å²) in [6, 6.07) is 12.0. The Labute approximate surface area is 192 Å². The predicted molar refractivity (Wildman–Crippen MR) is 124 cm³/mol. The number of pyridine rings is 1. The van der Waals surface area contributed by atoms with Gasteiger partial charge in [-0.25, -0.2) is 0 Å². The molecule has 1 saturated heterocycles. The van der Waals surface area contributed by atoms with Gasteiger partial charge in [-0.15, -0.1) is 0 Å². The Morgan fingerprint density at radius 1 is 1.18 bits per heavy atom. The SMILES string of the molecule is COc1cccc2c(C#N)cn(CCCN3CCC(c4nc(-c5cccnc5)no4)CC3)c12. The van der Waals surface area contributed by atoms with Crippen molar-refractivity contribution in [2.45, 2.75) is 31.7 Å². The van der Waals surface area contributed by atoms with Gasteiger partial charge in [0, 0.05) is 42.0 Å². The monoisotopic (exact) mass is 442 g/mol. The second-order valence-electron chi connectivity index (χ2n) is 8.37. The summed E-state index contributed by atoms with van der Waals surface area (Å²) < 4.78 is 13.3. The summed E-state index contributed by atoms with van der Waals surface area (Å²) >= 11 is 0. The topological polar surface area (TPSA) is 93.0 Å². The number of piperidine rings is 1. The van der Waals surface area contributed by atoms with Crippen molar-refractivity contribution in [1.82, 2.24) is 24.6 Å². The van der Waals surface area contributed by atoms with Gasteiger partial charge in [0.15, 0.2) is 0 Å². The summed E-state index contributed by atoms with van der Waals surface area (Å²) in [6.07, 6.45) is 8.44. The highest BCUT2D eigenvalue weighted by atomic mass is 16.5. The second kappa shape index (κ2) is 9.43. The van der Waals surface area contributed by atoms with E-state index in [0.29, 0.717) is 17.3 Å². The Kier molecular flexibility index (Phi) is 6.05. The van der Waals surface area contributed by atoms with Crippen LogP contribution in [0.3, 0.4) is 0 Å². The number of benzene rings is 1. The van der Waals surface area contributed by atoms with Crippen LogP contribution in [-0.2, 0) is 6.54 Å². The van der Waals surface area contributed by atoms with E-state index in [1.165, 1.54) is 0 Å². The number of aromatic nitrogens is 4. The zero-order valence-corrected chi connectivity index (χ0v) is 18.6. The average Bonchev–Trinajstić information content (AvgIpc) is 3.50. The summed E-state index contributed by atoms with van der Waals surface area (Å²) in [4.78, 5) is 11.2. The number of nitriles is 1. The van der Waals surface area contributed by atoms with Gasteiger partial charge in [0.25, 0.3) is 0 Å². The minimum absolute atomic E-state index is 0.301. The molecule has 5 rings (SSSR count). The first kappa shape index (κ1) is 21.2. The molecule has 3 aromatic heterocycles. The van der Waals surface area contributed by atoms with Crippen LogP contribution < -0.4 is 4.74 Å². The van der Waals surface area contributed by atoms with Crippen LogP contribution in [0.5, 0.6) is 5.75 Å². The lowest BCUT2D eigenvalue weighted by Gasteiger charge is -2.30. The van der Waals surface area contributed by atoms with Crippen molar-refractivity contribution in [2.24, 2.45) is 0 Å². The molecule has 0 radical (unpaired) electrons. The van der Waals surface area contributed by atoms with Crippen LogP contribution in [0.15, 0.2) is 53.4 Å². The Morgan fingerprint density at radius 2 is 2.06 bits per heavy atom. The van der Waals surface area contributed by atoms with Gasteiger partial charge < -0.3 is 18.7 Å². The van der Waals surface area contributed by atoms with Gasteiger partial charge in [0.1, 0.15) is 11.8 Å². The number of hydrogen-bond acceptors (Lipinski definition) is 7. The van der Waals surface area contributed by atoms with E-state index in [1.807, 2.05) is 36.5 Å². The van der Waals surface area contributed by atoms with E-state index in [4.69, 9.17) is 9.26 Å². The standard InChI is InChI=1S/C25H26N6O2/c1-32-22-7-2-6-21-20(15-26)17-31(23(21)22)12-4-11-30-13-8-18(9-14-30)25-28-24(29-33-25)19-5-3-10-27-16-19/h2-3,5-7,10,16-18H,4,8-9,11-14H2,1H3. The fourth-order valence-corrected chi connectivity index (χ4v) is 4.64. The van der Waals surface area contributed by atoms with E-state index in [9.17, 15) is 5.26 Å². The van der Waals surface area contributed by atoms with Crippen molar-refractivity contribution in [3.05, 3.63) is 60.4 Å². The van der Waals surface area contributed by atoms with E-state index in [2.05, 4.69) is 30.7 Å². The van der Waals surface area contributed by atoms with Gasteiger partial charge in [-0.1, -0.05) is 17.3 Å². The Balaban J connectivity index is 1.16. The molecule has 1 aliphatic heterocycles. The molecule has 1 fully saturated rings. The van der Waals surface area contributed by atoms with Gasteiger partial charge >= 0.3 is 0 Å². The van der Waals surface area contributed by atoms with Gasteiger partial charge in [0.05, 0.1) is 18.2 Å². The van der Waals surface area contributed by atoms with E-state index in [0.717, 1.165) is 73.5 Å². The van der Waals surface area contributed by atoms with Crippen LogP contribution in [0, 0.1) is 11.3 Å². The molecule has 33 heavy (non-hydrogen) atoms. The first-order valence-corrected chi connectivity index (χ1v) is 11.3. The molecule has 0 unspecified atom stereocenters. The average molecular weight is 443 g/mol. The molecular formula is C25H26N6O2. The first-order valence-electron chi connectivity index (χ1n) is 11.3. The zero-order valence-electron chi connectivity index (χ0n) is 18.6. The second-order valence-corrected chi connectivity index (χ2v) is 8.37. The molecule has 4 heterocycles. The highest BCUT2D eigenvalue weighted by Gasteiger charge is 2.25. The highest BCUT2D eigenvalue weighted by molar-refractivity contribution is 5.91. The first-order chi connectivity index (χ1) is 16.3. The molecule has 8 heteroatoms. The summed E-state index contributed by atoms with van der Waals surface area (Å²) in [6.45, 7) is 3.87. The lowest BCUT2D eigenvalue weighted by Crippen LogP contribution is -2.34. The Morgan fingerprint density at radius 3 is 2.82 bits per heavy atom. The zero-order chi connectivity index (χ0) is 22.6. The lowest BCUT2D eigenvalue weighted by molar-refractivity contribution is 0.190. The maximum Gasteiger partial charge on any atom is 0.230 e. The summed E-state index contributed by atoms with van der Waals surface area (Å²) in [5.41, 5.74) is 2.56. The Hall–Kier alpha value is -3.70. The number of aryl methyl sites for hydroxylation is 1. The Bertz CT molecular complexity index is 1270. The molecule has 168 valence electrons. The van der Waals surface area contributed by atoms with Crippen LogP contribution in [0.25, 0.3) is 22.3 Å². The number of hydrogen-bond donors (Lipinski definition) is 0. The van der Waals surface area contributed by atoms with Crippen molar-refractivity contribution >= 4 is 10.9 Å². The van der Waals surface area contributed by atoms with Crippen molar-refractivity contribution in [1.29, 1.82) is 5.26 Å². The minimum atomic E-state index is 0.301. The normalized spacial score (nSPS) is 15.0. The van der Waals surface area contributed by atoms with Crippen molar-refractivity contribution < 1.29 is 9.26 Å². The van der Waals surface area contributed by atoms with Crippen molar-refractivity contribution in [3.63, 3.8) is 0 Å². The largest absolute Gasteiger partial charge is 0.495 e. The number of ether oxygens (including phenoxy) is 1. The molecular weight excluding hydrogens is 416 g/mol. The van der Waals surface area contributed by atoms with Crippen molar-refractivity contribution in [3.8, 4) is 23.2 Å². The number of likely N-dealkylation sites (tertiary alicyclic amines) is 1. The third-order valence-corrected chi connectivity index (χ3v) is 6.37. The molecule has 0 saturated carbocycles. The highest BCUT2D eigenvalue weighted by Crippen LogP contribution is 2.31. The summed E-state index contributed by atoms with van der Waals surface area (Å²) in [7, 11) is 1.67. The van der Waals surface area contributed by atoms with E-state index < -0.39 is 0 Å². The van der Waals surface area contributed by atoms with E-state index in [1.54, 1.807) is 19.5 Å². The summed E-state index contributed by atoms with van der Waals surface area (Å²) in [5.74, 6) is 2.44. The molecule has 0 aliphatic carbocycles. The van der Waals surface area contributed by atoms with Gasteiger partial charge in [-0.2, -0.15) is 10.2 Å². The number of fused-ring (bicyclic) bond motifs is 1. The van der Waals surface area contributed by atoms with Gasteiger partial charge in [-0.05, 0) is 57.1 Å². The number of rotatable bonds is 7. The molecule has 1 aliphatic rings. The molecule has 0 N–H and O–H groups in total. The molecule has 4 aromatic rings. The number of nitrogens with zero attached hydrogens (tertiary/aromatic N) is 6. The minimum Gasteiger partial charge on any atom is -0.495 e. The summed E-state index contributed by atoms with van der Waals surface area (Å²) in [5, 5.41) is 14.6. The van der Waals surface area contributed by atoms with Crippen molar-refractivity contribution in [2.75, 3.05) is 26.7 Å². The molecule has 0 bridgehead atoms. The van der Waals surface area contributed by atoms with Crippen LogP contribution in [0.2, 0.25) is 0 Å². The smallest absolute Gasteiger partial charge is 0.230 e. The number of methoxy groups -OCH3 is 1. The van der Waals surface area contributed by atoms with Crippen LogP contribution in [0.4, 0.5) is 0 Å². The third kappa shape index (κ3) is 4.32. The predicted octanol–water partition coefficient (Wildman–Crippen LogP) is 4.24. The lowest BCUT2D eigenvalue weighted by atomic mass is 9.96. The molecule has 8 nitrogen and oxygen atoms in total. The molecule has 0 atom stereocenters. The van der Waals surface area contributed by atoms with E-state index in [-0.39, 0.29) is 0 Å². The molecule has 1 aromatic carbocycles. The van der Waals surface area contributed by atoms with Gasteiger partial charge in [0.2, 0.25) is 11.7 Å². The quantitative estimate of drug-likeness (QED) is 0.423. The molecule has 0 amide bonds. The fraction of sp³-hybridized carbons (Fsp3) is 0.360.